The van der Waals surface area contributed by atoms with Gasteiger partial charge in [-0.05, 0) is 0 Å². The van der Waals surface area contributed by atoms with Gasteiger partial charge in [0, 0.05) is 30.4 Å². The molecule has 1 atom stereocenters. The highest BCUT2D eigenvalue weighted by Gasteiger charge is 2.08. The van der Waals surface area contributed by atoms with E-state index in [-0.39, 0.29) is 11.8 Å². The lowest BCUT2D eigenvalue weighted by molar-refractivity contribution is -0.120. The van der Waals surface area contributed by atoms with Crippen LogP contribution in [0.15, 0.2) is 18.2 Å². The number of hydrogen-bond acceptors (Lipinski definition) is 4. The van der Waals surface area contributed by atoms with Crippen molar-refractivity contribution >= 4 is 11.6 Å². The molecule has 0 aliphatic rings. The first-order chi connectivity index (χ1) is 8.06. The van der Waals surface area contributed by atoms with E-state index >= 15 is 0 Å². The van der Waals surface area contributed by atoms with Crippen molar-refractivity contribution in [2.45, 2.75) is 6.92 Å². The van der Waals surface area contributed by atoms with Crippen LogP contribution in [0.1, 0.15) is 6.92 Å². The third-order valence-corrected chi connectivity index (χ3v) is 2.45. The largest absolute Gasteiger partial charge is 0.497 e. The molecule has 0 aromatic heterocycles. The first-order valence-corrected chi connectivity index (χ1v) is 5.33. The number of rotatable bonds is 6. The molecular formula is C12H18N2O3. The summed E-state index contributed by atoms with van der Waals surface area (Å²) in [4.78, 5) is 10.9. The molecule has 5 nitrogen and oxygen atoms in total. The van der Waals surface area contributed by atoms with Crippen molar-refractivity contribution in [3.05, 3.63) is 18.2 Å². The Kier molecular flexibility index (Phi) is 4.63. The zero-order valence-electron chi connectivity index (χ0n) is 10.3. The molecule has 17 heavy (non-hydrogen) atoms. The van der Waals surface area contributed by atoms with Gasteiger partial charge < -0.3 is 20.5 Å². The van der Waals surface area contributed by atoms with Gasteiger partial charge in [0.05, 0.1) is 20.1 Å². The van der Waals surface area contributed by atoms with Crippen molar-refractivity contribution in [3.8, 4) is 11.5 Å². The molecule has 0 saturated heterocycles. The number of nitrogens with one attached hydrogen (secondary N) is 1. The number of amides is 1. The first kappa shape index (κ1) is 13.2. The third-order valence-electron chi connectivity index (χ3n) is 2.45. The SMILES string of the molecule is COc1cc(NCC(C)C(N)=O)cc(OC)c1. The lowest BCUT2D eigenvalue weighted by Gasteiger charge is -2.12. The van der Waals surface area contributed by atoms with Crippen molar-refractivity contribution in [1.29, 1.82) is 0 Å². The molecule has 0 spiro atoms. The average molecular weight is 238 g/mol. The predicted octanol–water partition coefficient (Wildman–Crippen LogP) is 1.24. The molecule has 1 unspecified atom stereocenters. The second-order valence-corrected chi connectivity index (χ2v) is 3.79. The van der Waals surface area contributed by atoms with Gasteiger partial charge >= 0.3 is 0 Å². The zero-order chi connectivity index (χ0) is 12.8. The van der Waals surface area contributed by atoms with Crippen LogP contribution < -0.4 is 20.5 Å². The molecule has 0 radical (unpaired) electrons. The van der Waals surface area contributed by atoms with Gasteiger partial charge in [0.1, 0.15) is 11.5 Å². The summed E-state index contributed by atoms with van der Waals surface area (Å²) in [6, 6.07) is 5.44. The second kappa shape index (κ2) is 5.98. The number of hydrogen-bond donors (Lipinski definition) is 2. The van der Waals surface area contributed by atoms with Crippen LogP contribution in [0.3, 0.4) is 0 Å². The number of primary amides is 1. The number of carbonyl (C=O) groups excluding carboxylic acids is 1. The van der Waals surface area contributed by atoms with Crippen LogP contribution in [0.2, 0.25) is 0 Å². The lowest BCUT2D eigenvalue weighted by atomic mass is 10.1. The van der Waals surface area contributed by atoms with Gasteiger partial charge in [-0.3, -0.25) is 4.79 Å². The van der Waals surface area contributed by atoms with Gasteiger partial charge in [-0.15, -0.1) is 0 Å². The summed E-state index contributed by atoms with van der Waals surface area (Å²) >= 11 is 0. The molecule has 94 valence electrons. The van der Waals surface area contributed by atoms with Gasteiger partial charge in [0.25, 0.3) is 0 Å². The van der Waals surface area contributed by atoms with E-state index in [0.29, 0.717) is 18.0 Å². The van der Waals surface area contributed by atoms with Crippen molar-refractivity contribution in [3.63, 3.8) is 0 Å². The van der Waals surface area contributed by atoms with E-state index in [1.54, 1.807) is 27.2 Å². The Balaban J connectivity index is 2.73. The van der Waals surface area contributed by atoms with E-state index in [0.717, 1.165) is 5.69 Å². The molecule has 0 fully saturated rings. The maximum Gasteiger partial charge on any atom is 0.222 e. The van der Waals surface area contributed by atoms with Gasteiger partial charge in [-0.2, -0.15) is 0 Å². The van der Waals surface area contributed by atoms with Crippen molar-refractivity contribution in [2.24, 2.45) is 11.7 Å². The molecule has 0 bridgehead atoms. The minimum Gasteiger partial charge on any atom is -0.497 e. The highest BCUT2D eigenvalue weighted by Crippen LogP contribution is 2.25. The van der Waals surface area contributed by atoms with E-state index in [4.69, 9.17) is 15.2 Å². The maximum atomic E-state index is 10.9. The summed E-state index contributed by atoms with van der Waals surface area (Å²) in [5.74, 6) is 0.830. The van der Waals surface area contributed by atoms with Crippen LogP contribution in [0, 0.1) is 5.92 Å². The number of nitrogens with two attached hydrogens (primary N) is 1. The normalized spacial score (nSPS) is 11.7. The quantitative estimate of drug-likeness (QED) is 0.782. The molecule has 0 heterocycles. The summed E-state index contributed by atoms with van der Waals surface area (Å²) in [7, 11) is 3.18. The fraction of sp³-hybridized carbons (Fsp3) is 0.417. The minimum atomic E-state index is -0.327. The summed E-state index contributed by atoms with van der Waals surface area (Å²) in [6.07, 6.45) is 0. The zero-order valence-corrected chi connectivity index (χ0v) is 10.3. The number of carbonyl (C=O) groups is 1. The molecule has 3 N–H and O–H groups in total. The van der Waals surface area contributed by atoms with E-state index in [9.17, 15) is 4.79 Å². The Morgan fingerprint density at radius 1 is 1.29 bits per heavy atom. The predicted molar refractivity (Wildman–Crippen MR) is 66.4 cm³/mol. The third kappa shape index (κ3) is 3.86. The van der Waals surface area contributed by atoms with Gasteiger partial charge in [0.2, 0.25) is 5.91 Å². The Bertz CT molecular complexity index is 371. The standard InChI is InChI=1S/C12H18N2O3/c1-8(12(13)15)7-14-9-4-10(16-2)6-11(5-9)17-3/h4-6,8,14H,7H2,1-3H3,(H2,13,15). The van der Waals surface area contributed by atoms with E-state index in [1.807, 2.05) is 12.1 Å². The van der Waals surface area contributed by atoms with Gasteiger partial charge in [-0.25, -0.2) is 0 Å². The summed E-state index contributed by atoms with van der Waals surface area (Å²) in [6.45, 7) is 2.25. The average Bonchev–Trinajstić information content (AvgIpc) is 2.35. The van der Waals surface area contributed by atoms with Gasteiger partial charge in [-0.1, -0.05) is 6.92 Å². The monoisotopic (exact) mass is 238 g/mol. The minimum absolute atomic E-state index is 0.229. The number of ether oxygens (including phenoxy) is 2. The molecule has 0 aliphatic carbocycles. The van der Waals surface area contributed by atoms with Crippen molar-refractivity contribution < 1.29 is 14.3 Å². The van der Waals surface area contributed by atoms with Crippen LogP contribution in [-0.4, -0.2) is 26.7 Å². The fourth-order valence-corrected chi connectivity index (χ4v) is 1.28. The second-order valence-electron chi connectivity index (χ2n) is 3.79. The Morgan fingerprint density at radius 3 is 2.24 bits per heavy atom. The summed E-state index contributed by atoms with van der Waals surface area (Å²) in [5, 5.41) is 3.11. The Morgan fingerprint density at radius 2 is 1.82 bits per heavy atom. The van der Waals surface area contributed by atoms with Gasteiger partial charge in [0.15, 0.2) is 0 Å². The Labute approximate surface area is 101 Å². The highest BCUT2D eigenvalue weighted by molar-refractivity contribution is 5.76. The number of methoxy groups -OCH3 is 2. The van der Waals surface area contributed by atoms with Crippen LogP contribution in [0.4, 0.5) is 5.69 Å². The van der Waals surface area contributed by atoms with E-state index in [2.05, 4.69) is 5.32 Å². The molecule has 1 rings (SSSR count). The van der Waals surface area contributed by atoms with E-state index in [1.165, 1.54) is 0 Å². The smallest absolute Gasteiger partial charge is 0.222 e. The fourth-order valence-electron chi connectivity index (χ4n) is 1.28. The number of anilines is 1. The maximum absolute atomic E-state index is 10.9. The first-order valence-electron chi connectivity index (χ1n) is 5.33. The molecule has 0 saturated carbocycles. The van der Waals surface area contributed by atoms with Crippen LogP contribution in [0.5, 0.6) is 11.5 Å². The van der Waals surface area contributed by atoms with Crippen molar-refractivity contribution in [2.75, 3.05) is 26.1 Å². The molecule has 1 aromatic carbocycles. The van der Waals surface area contributed by atoms with Crippen LogP contribution in [-0.2, 0) is 4.79 Å². The van der Waals surface area contributed by atoms with E-state index < -0.39 is 0 Å². The molecular weight excluding hydrogens is 220 g/mol. The van der Waals surface area contributed by atoms with Crippen molar-refractivity contribution in [1.82, 2.24) is 0 Å². The highest BCUT2D eigenvalue weighted by atomic mass is 16.5. The molecule has 1 aromatic rings. The topological polar surface area (TPSA) is 73.6 Å². The summed E-state index contributed by atoms with van der Waals surface area (Å²) in [5.41, 5.74) is 6.01. The lowest BCUT2D eigenvalue weighted by Crippen LogP contribution is -2.26. The molecule has 1 amide bonds. The Hall–Kier alpha value is -1.91. The molecule has 5 heteroatoms. The molecule has 0 aliphatic heterocycles. The summed E-state index contributed by atoms with van der Waals surface area (Å²) < 4.78 is 10.3. The number of benzene rings is 1. The van der Waals surface area contributed by atoms with Crippen LogP contribution >= 0.6 is 0 Å². The van der Waals surface area contributed by atoms with Crippen LogP contribution in [0.25, 0.3) is 0 Å².